The van der Waals surface area contributed by atoms with Gasteiger partial charge in [-0.1, -0.05) is 42.5 Å². The minimum Gasteiger partial charge on any atom is -0.338 e. The molecule has 0 fully saturated rings. The molecular formula is C28H23FN4O3. The molecule has 1 unspecified atom stereocenters. The number of imidazole rings is 1. The Kier molecular flexibility index (Phi) is 6.16. The quantitative estimate of drug-likeness (QED) is 0.405. The zero-order valence-corrected chi connectivity index (χ0v) is 19.5. The van der Waals surface area contributed by atoms with E-state index in [1.54, 1.807) is 36.1 Å². The van der Waals surface area contributed by atoms with Crippen LogP contribution in [-0.4, -0.2) is 38.7 Å². The van der Waals surface area contributed by atoms with E-state index in [0.717, 1.165) is 5.56 Å². The van der Waals surface area contributed by atoms with Gasteiger partial charge in [-0.05, 0) is 47.9 Å². The van der Waals surface area contributed by atoms with Crippen molar-refractivity contribution in [3.63, 3.8) is 0 Å². The van der Waals surface area contributed by atoms with Crippen molar-refractivity contribution in [1.82, 2.24) is 19.8 Å². The maximum Gasteiger partial charge on any atom is 0.261 e. The number of hydrogen-bond acceptors (Lipinski definition) is 4. The SMILES string of the molecule is Cn1ccnc1C(NC(=O)c1ccc2c(c1)C(=O)N(CCc1ccccc1)C2=O)c1cccc(F)c1. The number of nitrogens with zero attached hydrogens (tertiary/aromatic N) is 3. The predicted octanol–water partition coefficient (Wildman–Crippen LogP) is 3.92. The summed E-state index contributed by atoms with van der Waals surface area (Å²) in [5, 5.41) is 2.90. The Morgan fingerprint density at radius 2 is 1.75 bits per heavy atom. The Hall–Kier alpha value is -4.59. The Bertz CT molecular complexity index is 1460. The van der Waals surface area contributed by atoms with Crippen LogP contribution in [0, 0.1) is 5.82 Å². The molecule has 2 heterocycles. The van der Waals surface area contributed by atoms with Gasteiger partial charge < -0.3 is 9.88 Å². The van der Waals surface area contributed by atoms with Crippen molar-refractivity contribution in [2.75, 3.05) is 6.54 Å². The van der Waals surface area contributed by atoms with Crippen molar-refractivity contribution in [2.24, 2.45) is 7.05 Å². The number of hydrogen-bond donors (Lipinski definition) is 1. The highest BCUT2D eigenvalue weighted by molar-refractivity contribution is 6.22. The van der Waals surface area contributed by atoms with Gasteiger partial charge in [0.1, 0.15) is 17.7 Å². The lowest BCUT2D eigenvalue weighted by molar-refractivity contribution is 0.0656. The molecule has 8 heteroatoms. The topological polar surface area (TPSA) is 84.3 Å². The van der Waals surface area contributed by atoms with Gasteiger partial charge in [0.25, 0.3) is 17.7 Å². The van der Waals surface area contributed by atoms with E-state index < -0.39 is 23.7 Å². The van der Waals surface area contributed by atoms with Gasteiger partial charge in [0.2, 0.25) is 0 Å². The molecule has 3 aromatic carbocycles. The molecule has 0 saturated heterocycles. The maximum atomic E-state index is 14.0. The van der Waals surface area contributed by atoms with E-state index in [2.05, 4.69) is 10.3 Å². The number of aromatic nitrogens is 2. The number of rotatable bonds is 7. The van der Waals surface area contributed by atoms with Gasteiger partial charge in [-0.25, -0.2) is 9.37 Å². The molecule has 0 aliphatic carbocycles. The van der Waals surface area contributed by atoms with Crippen LogP contribution >= 0.6 is 0 Å². The molecule has 4 aromatic rings. The number of carbonyl (C=O) groups excluding carboxylic acids is 3. The molecule has 36 heavy (non-hydrogen) atoms. The van der Waals surface area contributed by atoms with Crippen LogP contribution in [-0.2, 0) is 13.5 Å². The molecule has 7 nitrogen and oxygen atoms in total. The van der Waals surface area contributed by atoms with Crippen LogP contribution in [0.3, 0.4) is 0 Å². The van der Waals surface area contributed by atoms with E-state index in [9.17, 15) is 18.8 Å². The fraction of sp³-hybridized carbons (Fsp3) is 0.143. The lowest BCUT2D eigenvalue weighted by Crippen LogP contribution is -2.32. The average Bonchev–Trinajstić information content (AvgIpc) is 3.41. The number of fused-ring (bicyclic) bond motifs is 1. The van der Waals surface area contributed by atoms with Crippen molar-refractivity contribution < 1.29 is 18.8 Å². The van der Waals surface area contributed by atoms with Crippen LogP contribution in [0.15, 0.2) is 85.2 Å². The number of amides is 3. The minimum absolute atomic E-state index is 0.194. The molecular weight excluding hydrogens is 459 g/mol. The second-order valence-corrected chi connectivity index (χ2v) is 8.62. The molecule has 0 saturated carbocycles. The fourth-order valence-electron chi connectivity index (χ4n) is 4.37. The van der Waals surface area contributed by atoms with Gasteiger partial charge >= 0.3 is 0 Å². The highest BCUT2D eigenvalue weighted by Gasteiger charge is 2.36. The largest absolute Gasteiger partial charge is 0.338 e. The Morgan fingerprint density at radius 3 is 2.47 bits per heavy atom. The minimum atomic E-state index is -0.721. The van der Waals surface area contributed by atoms with Crippen LogP contribution < -0.4 is 5.32 Å². The fourth-order valence-corrected chi connectivity index (χ4v) is 4.37. The van der Waals surface area contributed by atoms with Crippen LogP contribution in [0.5, 0.6) is 0 Å². The first-order valence-corrected chi connectivity index (χ1v) is 11.5. The lowest BCUT2D eigenvalue weighted by atomic mass is 10.0. The second-order valence-electron chi connectivity index (χ2n) is 8.62. The normalized spacial score (nSPS) is 13.6. The van der Waals surface area contributed by atoms with Crippen molar-refractivity contribution in [2.45, 2.75) is 12.5 Å². The Morgan fingerprint density at radius 1 is 0.972 bits per heavy atom. The van der Waals surface area contributed by atoms with Crippen molar-refractivity contribution in [1.29, 1.82) is 0 Å². The summed E-state index contributed by atoms with van der Waals surface area (Å²) in [5.74, 6) is -1.18. The first-order chi connectivity index (χ1) is 17.4. The van der Waals surface area contributed by atoms with Crippen molar-refractivity contribution >= 4 is 17.7 Å². The molecule has 1 aliphatic heterocycles. The number of aryl methyl sites for hydroxylation is 1. The number of imide groups is 1. The van der Waals surface area contributed by atoms with Crippen LogP contribution in [0.2, 0.25) is 0 Å². The number of benzene rings is 3. The molecule has 0 radical (unpaired) electrons. The highest BCUT2D eigenvalue weighted by atomic mass is 19.1. The molecule has 1 N–H and O–H groups in total. The average molecular weight is 483 g/mol. The van der Waals surface area contributed by atoms with E-state index in [1.807, 2.05) is 30.3 Å². The summed E-state index contributed by atoms with van der Waals surface area (Å²) in [7, 11) is 1.78. The summed E-state index contributed by atoms with van der Waals surface area (Å²) in [5.41, 5.74) is 2.23. The Balaban J connectivity index is 1.38. The van der Waals surface area contributed by atoms with E-state index in [4.69, 9.17) is 0 Å². The first-order valence-electron chi connectivity index (χ1n) is 11.5. The number of nitrogens with one attached hydrogen (secondary N) is 1. The van der Waals surface area contributed by atoms with Gasteiger partial charge in [-0.3, -0.25) is 19.3 Å². The zero-order valence-electron chi connectivity index (χ0n) is 19.5. The monoisotopic (exact) mass is 482 g/mol. The van der Waals surface area contributed by atoms with Gasteiger partial charge in [0.05, 0.1) is 11.1 Å². The second kappa shape index (κ2) is 9.58. The molecule has 0 spiro atoms. The summed E-state index contributed by atoms with van der Waals surface area (Å²) < 4.78 is 15.7. The predicted molar refractivity (Wildman–Crippen MR) is 131 cm³/mol. The third-order valence-electron chi connectivity index (χ3n) is 6.27. The van der Waals surface area contributed by atoms with Crippen molar-refractivity contribution in [3.8, 4) is 0 Å². The van der Waals surface area contributed by atoms with Gasteiger partial charge in [0.15, 0.2) is 0 Å². The van der Waals surface area contributed by atoms with E-state index >= 15 is 0 Å². The maximum absolute atomic E-state index is 14.0. The highest BCUT2D eigenvalue weighted by Crippen LogP contribution is 2.26. The molecule has 1 aliphatic rings. The molecule has 180 valence electrons. The van der Waals surface area contributed by atoms with Gasteiger partial charge in [-0.2, -0.15) is 0 Å². The summed E-state index contributed by atoms with van der Waals surface area (Å²) in [6.07, 6.45) is 3.87. The van der Waals surface area contributed by atoms with Crippen LogP contribution in [0.1, 0.15) is 54.1 Å². The van der Waals surface area contributed by atoms with Gasteiger partial charge in [0, 0.05) is 31.5 Å². The molecule has 5 rings (SSSR count). The first kappa shape index (κ1) is 23.2. The third kappa shape index (κ3) is 4.40. The number of carbonyl (C=O) groups is 3. The van der Waals surface area contributed by atoms with Crippen LogP contribution in [0.4, 0.5) is 4.39 Å². The van der Waals surface area contributed by atoms with E-state index in [0.29, 0.717) is 17.8 Å². The smallest absolute Gasteiger partial charge is 0.261 e. The lowest BCUT2D eigenvalue weighted by Gasteiger charge is -2.19. The summed E-state index contributed by atoms with van der Waals surface area (Å²) in [4.78, 5) is 44.7. The van der Waals surface area contributed by atoms with E-state index in [1.165, 1.54) is 35.2 Å². The molecule has 0 bridgehead atoms. The third-order valence-corrected chi connectivity index (χ3v) is 6.27. The summed E-state index contributed by atoms with van der Waals surface area (Å²) in [6, 6.07) is 19.3. The summed E-state index contributed by atoms with van der Waals surface area (Å²) >= 11 is 0. The molecule has 3 amide bonds. The standard InChI is InChI=1S/C28H23FN4O3/c1-32-15-13-30-25(32)24(19-8-5-9-21(29)16-19)31-26(34)20-10-11-22-23(17-20)28(36)33(27(22)35)14-12-18-6-3-2-4-7-18/h2-11,13,15-17,24H,12,14H2,1H3,(H,31,34). The number of halogens is 1. The van der Waals surface area contributed by atoms with Crippen molar-refractivity contribution in [3.05, 3.63) is 125 Å². The molecule has 1 aromatic heterocycles. The zero-order chi connectivity index (χ0) is 25.2. The Labute approximate surface area is 207 Å². The van der Waals surface area contributed by atoms with Gasteiger partial charge in [-0.15, -0.1) is 0 Å². The van der Waals surface area contributed by atoms with Crippen LogP contribution in [0.25, 0.3) is 0 Å². The summed E-state index contributed by atoms with van der Waals surface area (Å²) in [6.45, 7) is 0.249. The molecule has 1 atom stereocenters. The van der Waals surface area contributed by atoms with E-state index in [-0.39, 0.29) is 29.1 Å².